The quantitative estimate of drug-likeness (QED) is 0.283. The third kappa shape index (κ3) is 5.27. The van der Waals surface area contributed by atoms with Crippen molar-refractivity contribution >= 4 is 11.6 Å². The molecule has 9 heteroatoms. The minimum atomic E-state index is -0.411. The number of methoxy groups -OCH3 is 2. The van der Waals surface area contributed by atoms with E-state index in [0.29, 0.717) is 41.0 Å². The predicted octanol–water partition coefficient (Wildman–Crippen LogP) is 4.14. The van der Waals surface area contributed by atoms with Crippen LogP contribution in [0.15, 0.2) is 91.0 Å². The zero-order chi connectivity index (χ0) is 26.3. The highest BCUT2D eigenvalue weighted by Crippen LogP contribution is 2.32. The lowest BCUT2D eigenvalue weighted by Crippen LogP contribution is -2.33. The van der Waals surface area contributed by atoms with Crippen LogP contribution in [0, 0.1) is 0 Å². The molecule has 0 saturated heterocycles. The second-order valence-electron chi connectivity index (χ2n) is 8.43. The molecule has 0 spiro atoms. The first-order chi connectivity index (χ1) is 18.7. The summed E-state index contributed by atoms with van der Waals surface area (Å²) in [6, 6.07) is 28.4. The molecule has 0 unspecified atom stereocenters. The number of nitrogens with zero attached hydrogens (tertiary/aromatic N) is 4. The molecule has 5 rings (SSSR count). The molecule has 0 fully saturated rings. The van der Waals surface area contributed by atoms with Crippen molar-refractivity contribution in [3.05, 3.63) is 102 Å². The highest BCUT2D eigenvalue weighted by molar-refractivity contribution is 5.87. The van der Waals surface area contributed by atoms with E-state index in [1.165, 1.54) is 0 Å². The maximum atomic E-state index is 13.2. The molecular weight excluding hydrogens is 482 g/mol. The van der Waals surface area contributed by atoms with Gasteiger partial charge in [0.15, 0.2) is 11.5 Å². The van der Waals surface area contributed by atoms with Crippen molar-refractivity contribution in [2.75, 3.05) is 27.4 Å². The number of nitrogens with one attached hydrogen (secondary N) is 1. The van der Waals surface area contributed by atoms with Gasteiger partial charge in [0.1, 0.15) is 18.1 Å². The van der Waals surface area contributed by atoms with Gasteiger partial charge in [-0.1, -0.05) is 60.7 Å². The summed E-state index contributed by atoms with van der Waals surface area (Å²) in [7, 11) is 3.18. The van der Waals surface area contributed by atoms with Crippen molar-refractivity contribution in [1.82, 2.24) is 25.1 Å². The van der Waals surface area contributed by atoms with E-state index in [9.17, 15) is 4.79 Å². The van der Waals surface area contributed by atoms with Gasteiger partial charge in [-0.05, 0) is 29.3 Å². The predicted molar refractivity (Wildman–Crippen MR) is 143 cm³/mol. The van der Waals surface area contributed by atoms with Crippen LogP contribution in [-0.4, -0.2) is 53.1 Å². The Bertz CT molecular complexity index is 1480. The second-order valence-corrected chi connectivity index (χ2v) is 8.43. The third-order valence-corrected chi connectivity index (χ3v) is 6.07. The van der Waals surface area contributed by atoms with E-state index in [0.717, 1.165) is 11.1 Å². The number of amides is 1. The number of ether oxygens (including phenoxy) is 3. The van der Waals surface area contributed by atoms with E-state index in [2.05, 4.69) is 20.6 Å². The molecule has 192 valence electrons. The molecule has 0 atom stereocenters. The number of aromatic nitrogens is 4. The van der Waals surface area contributed by atoms with Gasteiger partial charge in [0, 0.05) is 12.1 Å². The lowest BCUT2D eigenvalue weighted by atomic mass is 9.90. The van der Waals surface area contributed by atoms with Crippen molar-refractivity contribution in [3.8, 4) is 28.8 Å². The molecule has 1 N–H and O–H groups in total. The SMILES string of the molecule is COc1ccc(-c2nnc3ccc(OCCNC(=O)C(c4ccccc4)c4ccccc4)nn23)c(OC)c1. The van der Waals surface area contributed by atoms with Crippen molar-refractivity contribution < 1.29 is 19.0 Å². The van der Waals surface area contributed by atoms with Gasteiger partial charge in [-0.2, -0.15) is 4.52 Å². The summed E-state index contributed by atoms with van der Waals surface area (Å²) >= 11 is 0. The first-order valence-electron chi connectivity index (χ1n) is 12.1. The zero-order valence-electron chi connectivity index (χ0n) is 21.1. The van der Waals surface area contributed by atoms with Gasteiger partial charge < -0.3 is 19.5 Å². The molecule has 0 aliphatic rings. The van der Waals surface area contributed by atoms with Crippen molar-refractivity contribution in [2.45, 2.75) is 5.92 Å². The summed E-state index contributed by atoms with van der Waals surface area (Å²) in [5.41, 5.74) is 3.13. The van der Waals surface area contributed by atoms with Crippen LogP contribution in [0.5, 0.6) is 17.4 Å². The second kappa shape index (κ2) is 11.4. The van der Waals surface area contributed by atoms with Gasteiger partial charge in [0.05, 0.1) is 32.2 Å². The van der Waals surface area contributed by atoms with Gasteiger partial charge >= 0.3 is 0 Å². The molecule has 5 aromatic rings. The zero-order valence-corrected chi connectivity index (χ0v) is 21.1. The number of rotatable bonds is 10. The first-order valence-corrected chi connectivity index (χ1v) is 12.1. The maximum Gasteiger partial charge on any atom is 0.232 e. The Labute approximate surface area is 220 Å². The molecule has 38 heavy (non-hydrogen) atoms. The van der Waals surface area contributed by atoms with E-state index < -0.39 is 5.92 Å². The summed E-state index contributed by atoms with van der Waals surface area (Å²) in [5, 5.41) is 16.0. The van der Waals surface area contributed by atoms with E-state index in [1.54, 1.807) is 36.9 Å². The maximum absolute atomic E-state index is 13.2. The topological polar surface area (TPSA) is 99.9 Å². The van der Waals surface area contributed by atoms with Crippen LogP contribution in [0.4, 0.5) is 0 Å². The largest absolute Gasteiger partial charge is 0.497 e. The number of hydrogen-bond acceptors (Lipinski definition) is 7. The van der Waals surface area contributed by atoms with Crippen molar-refractivity contribution in [2.24, 2.45) is 0 Å². The van der Waals surface area contributed by atoms with Gasteiger partial charge in [-0.25, -0.2) is 0 Å². The molecule has 0 saturated carbocycles. The van der Waals surface area contributed by atoms with Gasteiger partial charge in [-0.15, -0.1) is 15.3 Å². The Morgan fingerprint density at radius 1 is 0.868 bits per heavy atom. The smallest absolute Gasteiger partial charge is 0.232 e. The highest BCUT2D eigenvalue weighted by atomic mass is 16.5. The number of carbonyl (C=O) groups excluding carboxylic acids is 1. The molecule has 9 nitrogen and oxygen atoms in total. The summed E-state index contributed by atoms with van der Waals surface area (Å²) in [4.78, 5) is 13.2. The number of benzene rings is 3. The average Bonchev–Trinajstić information content (AvgIpc) is 3.39. The summed E-state index contributed by atoms with van der Waals surface area (Å²) in [5.74, 6) is 1.63. The molecule has 2 heterocycles. The average molecular weight is 510 g/mol. The van der Waals surface area contributed by atoms with Crippen LogP contribution >= 0.6 is 0 Å². The standard InChI is InChI=1S/C29H27N5O4/c1-36-22-13-14-23(24(19-22)37-2)28-32-31-25-15-16-26(33-34(25)28)38-18-17-30-29(35)27(20-9-5-3-6-10-20)21-11-7-4-8-12-21/h3-16,19,27H,17-18H2,1-2H3,(H,30,35). The van der Waals surface area contributed by atoms with E-state index in [1.807, 2.05) is 72.8 Å². The number of fused-ring (bicyclic) bond motifs is 1. The Morgan fingerprint density at radius 3 is 2.24 bits per heavy atom. The first kappa shape index (κ1) is 24.8. The normalized spacial score (nSPS) is 10.9. The lowest BCUT2D eigenvalue weighted by molar-refractivity contribution is -0.121. The summed E-state index contributed by atoms with van der Waals surface area (Å²) in [6.45, 7) is 0.555. The fourth-order valence-corrected chi connectivity index (χ4v) is 4.22. The lowest BCUT2D eigenvalue weighted by Gasteiger charge is -2.18. The molecule has 2 aromatic heterocycles. The molecule has 0 bridgehead atoms. The molecule has 3 aromatic carbocycles. The highest BCUT2D eigenvalue weighted by Gasteiger charge is 2.22. The minimum Gasteiger partial charge on any atom is -0.497 e. The molecular formula is C29H27N5O4. The van der Waals surface area contributed by atoms with Crippen LogP contribution in [0.2, 0.25) is 0 Å². The van der Waals surface area contributed by atoms with E-state index >= 15 is 0 Å². The fraction of sp³-hybridized carbons (Fsp3) is 0.172. The Hall–Kier alpha value is -4.92. The molecule has 0 radical (unpaired) electrons. The van der Waals surface area contributed by atoms with Crippen LogP contribution in [-0.2, 0) is 4.79 Å². The van der Waals surface area contributed by atoms with Crippen molar-refractivity contribution in [3.63, 3.8) is 0 Å². The van der Waals surface area contributed by atoms with Crippen LogP contribution in [0.1, 0.15) is 17.0 Å². The third-order valence-electron chi connectivity index (χ3n) is 6.07. The summed E-state index contributed by atoms with van der Waals surface area (Å²) in [6.07, 6.45) is 0. The van der Waals surface area contributed by atoms with Gasteiger partial charge in [0.2, 0.25) is 11.8 Å². The van der Waals surface area contributed by atoms with Gasteiger partial charge in [-0.3, -0.25) is 4.79 Å². The molecule has 0 aliphatic carbocycles. The number of carbonyl (C=O) groups is 1. The number of hydrogen-bond donors (Lipinski definition) is 1. The Kier molecular flexibility index (Phi) is 7.44. The summed E-state index contributed by atoms with van der Waals surface area (Å²) < 4.78 is 18.3. The van der Waals surface area contributed by atoms with Crippen LogP contribution in [0.25, 0.3) is 17.0 Å². The van der Waals surface area contributed by atoms with Crippen LogP contribution in [0.3, 0.4) is 0 Å². The van der Waals surface area contributed by atoms with Crippen LogP contribution < -0.4 is 19.5 Å². The van der Waals surface area contributed by atoms with E-state index in [-0.39, 0.29) is 12.5 Å². The fourth-order valence-electron chi connectivity index (χ4n) is 4.22. The van der Waals surface area contributed by atoms with Gasteiger partial charge in [0.25, 0.3) is 0 Å². The molecule has 1 amide bonds. The minimum absolute atomic E-state index is 0.0953. The van der Waals surface area contributed by atoms with Crippen molar-refractivity contribution in [1.29, 1.82) is 0 Å². The monoisotopic (exact) mass is 509 g/mol. The molecule has 0 aliphatic heterocycles. The van der Waals surface area contributed by atoms with E-state index in [4.69, 9.17) is 14.2 Å². The Morgan fingerprint density at radius 2 is 1.58 bits per heavy atom. The Balaban J connectivity index is 1.27.